The van der Waals surface area contributed by atoms with Crippen LogP contribution in [0.1, 0.15) is 47.7 Å². The Morgan fingerprint density at radius 3 is 1.60 bits per heavy atom. The number of anilines is 2. The molecule has 1 saturated heterocycles. The second-order valence-electron chi connectivity index (χ2n) is 12.0. The molecule has 236 valence electrons. The van der Waals surface area contributed by atoms with E-state index in [-0.39, 0.29) is 4.90 Å². The molecule has 2 heterocycles. The highest BCUT2D eigenvalue weighted by Crippen LogP contribution is 2.53. The van der Waals surface area contributed by atoms with Gasteiger partial charge >= 0.3 is 0 Å². The predicted molar refractivity (Wildman–Crippen MR) is 189 cm³/mol. The molecule has 0 saturated carbocycles. The SMILES string of the molecule is O=S(=O)(c1ccccc1)N(c1ccc(N2CCCCC2)cc1)C(c1cnc[nH]1)C(c1ccccc1)(c1ccccc1)c1ccccc1. The van der Waals surface area contributed by atoms with Crippen molar-refractivity contribution in [3.05, 3.63) is 181 Å². The fourth-order valence-electron chi connectivity index (χ4n) is 7.12. The smallest absolute Gasteiger partial charge is 0.264 e. The summed E-state index contributed by atoms with van der Waals surface area (Å²) < 4.78 is 32.2. The molecule has 47 heavy (non-hydrogen) atoms. The predicted octanol–water partition coefficient (Wildman–Crippen LogP) is 8.37. The van der Waals surface area contributed by atoms with Crippen molar-refractivity contribution in [1.29, 1.82) is 0 Å². The van der Waals surface area contributed by atoms with Crippen molar-refractivity contribution in [3.63, 3.8) is 0 Å². The van der Waals surface area contributed by atoms with Crippen molar-refractivity contribution in [1.82, 2.24) is 9.97 Å². The van der Waals surface area contributed by atoms with Crippen molar-refractivity contribution in [3.8, 4) is 0 Å². The number of nitrogens with zero attached hydrogens (tertiary/aromatic N) is 3. The lowest BCUT2D eigenvalue weighted by molar-refractivity contribution is 0.474. The minimum atomic E-state index is -4.15. The summed E-state index contributed by atoms with van der Waals surface area (Å²) in [6, 6.07) is 46.6. The third-order valence-corrected chi connectivity index (χ3v) is 11.1. The molecule has 1 aliphatic rings. The van der Waals surface area contributed by atoms with Crippen LogP contribution in [0, 0.1) is 0 Å². The summed E-state index contributed by atoms with van der Waals surface area (Å²) in [7, 11) is -4.15. The number of hydrogen-bond acceptors (Lipinski definition) is 4. The lowest BCUT2D eigenvalue weighted by atomic mass is 9.63. The lowest BCUT2D eigenvalue weighted by Crippen LogP contribution is -2.49. The van der Waals surface area contributed by atoms with E-state index in [4.69, 9.17) is 0 Å². The van der Waals surface area contributed by atoms with E-state index in [0.717, 1.165) is 48.3 Å². The summed E-state index contributed by atoms with van der Waals surface area (Å²) in [5.74, 6) is 0. The highest BCUT2D eigenvalue weighted by atomic mass is 32.2. The van der Waals surface area contributed by atoms with E-state index in [1.54, 1.807) is 41.1 Å². The molecule has 0 radical (unpaired) electrons. The van der Waals surface area contributed by atoms with Crippen LogP contribution in [0.2, 0.25) is 0 Å². The molecular formula is C40H38N4O2S. The van der Waals surface area contributed by atoms with Crippen molar-refractivity contribution in [2.45, 2.75) is 35.6 Å². The Balaban J connectivity index is 1.56. The third-order valence-electron chi connectivity index (χ3n) is 9.27. The van der Waals surface area contributed by atoms with Crippen LogP contribution in [-0.4, -0.2) is 31.5 Å². The van der Waals surface area contributed by atoms with E-state index in [1.807, 2.05) is 72.8 Å². The van der Waals surface area contributed by atoms with Crippen LogP contribution in [0.5, 0.6) is 0 Å². The molecule has 7 rings (SSSR count). The van der Waals surface area contributed by atoms with Gasteiger partial charge < -0.3 is 9.88 Å². The number of benzene rings is 5. The quantitative estimate of drug-likeness (QED) is 0.153. The lowest BCUT2D eigenvalue weighted by Gasteiger charge is -2.47. The number of imidazole rings is 1. The number of rotatable bonds is 10. The van der Waals surface area contributed by atoms with Gasteiger partial charge in [-0.1, -0.05) is 109 Å². The molecule has 1 fully saturated rings. The van der Waals surface area contributed by atoms with Crippen molar-refractivity contribution in [2.24, 2.45) is 0 Å². The number of nitrogens with one attached hydrogen (secondary N) is 1. The van der Waals surface area contributed by atoms with Gasteiger partial charge in [-0.05, 0) is 72.4 Å². The first-order valence-corrected chi connectivity index (χ1v) is 17.6. The molecule has 1 N–H and O–H groups in total. The molecule has 6 aromatic rings. The highest BCUT2D eigenvalue weighted by molar-refractivity contribution is 7.92. The summed E-state index contributed by atoms with van der Waals surface area (Å²) >= 11 is 0. The average molecular weight is 639 g/mol. The first-order valence-electron chi connectivity index (χ1n) is 16.2. The standard InChI is InChI=1S/C40H38N4O2S/c45-47(46,37-22-12-4-13-23-37)44(36-26-24-35(25-27-36)43-28-14-5-15-29-43)39(38-30-41-31-42-38)40(32-16-6-1-7-17-32,33-18-8-2-9-19-33)34-20-10-3-11-21-34/h1-4,6-13,16-27,30-31,39H,5,14-15,28-29H2,(H,41,42). The topological polar surface area (TPSA) is 69.3 Å². The summed E-state index contributed by atoms with van der Waals surface area (Å²) in [5.41, 5.74) is 4.19. The fraction of sp³-hybridized carbons (Fsp3) is 0.175. The molecule has 0 spiro atoms. The third kappa shape index (κ3) is 5.72. The van der Waals surface area contributed by atoms with Crippen LogP contribution >= 0.6 is 0 Å². The van der Waals surface area contributed by atoms with Gasteiger partial charge in [0.15, 0.2) is 0 Å². The first-order chi connectivity index (χ1) is 23.1. The monoisotopic (exact) mass is 638 g/mol. The zero-order chi connectivity index (χ0) is 32.1. The number of hydrogen-bond donors (Lipinski definition) is 1. The number of aromatic nitrogens is 2. The molecule has 6 nitrogen and oxygen atoms in total. The van der Waals surface area contributed by atoms with Crippen LogP contribution in [-0.2, 0) is 15.4 Å². The van der Waals surface area contributed by atoms with Crippen LogP contribution < -0.4 is 9.21 Å². The van der Waals surface area contributed by atoms with Crippen LogP contribution in [0.3, 0.4) is 0 Å². The highest BCUT2D eigenvalue weighted by Gasteiger charge is 2.51. The van der Waals surface area contributed by atoms with Gasteiger partial charge in [0.2, 0.25) is 0 Å². The summed E-state index contributed by atoms with van der Waals surface area (Å²) in [6.07, 6.45) is 6.94. The van der Waals surface area contributed by atoms with Crippen molar-refractivity contribution in [2.75, 3.05) is 22.3 Å². The largest absolute Gasteiger partial charge is 0.372 e. The average Bonchev–Trinajstić information content (AvgIpc) is 3.69. The van der Waals surface area contributed by atoms with Crippen molar-refractivity contribution < 1.29 is 8.42 Å². The van der Waals surface area contributed by atoms with Crippen LogP contribution in [0.4, 0.5) is 11.4 Å². The Bertz CT molecular complexity index is 1870. The van der Waals surface area contributed by atoms with E-state index >= 15 is 8.42 Å². The Hall–Kier alpha value is -5.14. The maximum atomic E-state index is 15.3. The number of sulfonamides is 1. The number of aromatic amines is 1. The molecule has 0 amide bonds. The van der Waals surface area contributed by atoms with Gasteiger partial charge in [0.05, 0.1) is 34.2 Å². The maximum absolute atomic E-state index is 15.3. The van der Waals surface area contributed by atoms with E-state index in [2.05, 4.69) is 63.4 Å². The molecule has 1 atom stereocenters. The molecular weight excluding hydrogens is 601 g/mol. The summed E-state index contributed by atoms with van der Waals surface area (Å²) in [5, 5.41) is 0. The summed E-state index contributed by atoms with van der Waals surface area (Å²) in [6.45, 7) is 2.00. The number of H-pyrrole nitrogens is 1. The van der Waals surface area contributed by atoms with Crippen LogP contribution in [0.25, 0.3) is 0 Å². The first kappa shape index (κ1) is 30.5. The molecule has 7 heteroatoms. The van der Waals surface area contributed by atoms with E-state index in [0.29, 0.717) is 11.4 Å². The molecule has 0 aliphatic carbocycles. The Morgan fingerprint density at radius 1 is 0.638 bits per heavy atom. The fourth-order valence-corrected chi connectivity index (χ4v) is 8.80. The minimum absolute atomic E-state index is 0.215. The molecule has 1 aliphatic heterocycles. The molecule has 5 aromatic carbocycles. The van der Waals surface area contributed by atoms with Gasteiger partial charge in [0.1, 0.15) is 6.04 Å². The summed E-state index contributed by atoms with van der Waals surface area (Å²) in [4.78, 5) is 10.4. The zero-order valence-corrected chi connectivity index (χ0v) is 27.0. The normalized spacial score (nSPS) is 14.4. The molecule has 1 unspecified atom stereocenters. The van der Waals surface area contributed by atoms with E-state index in [1.165, 1.54) is 6.42 Å². The van der Waals surface area contributed by atoms with Crippen molar-refractivity contribution >= 4 is 21.4 Å². The second-order valence-corrected chi connectivity index (χ2v) is 13.8. The van der Waals surface area contributed by atoms with E-state index < -0.39 is 21.5 Å². The van der Waals surface area contributed by atoms with Gasteiger partial charge in [0.25, 0.3) is 10.0 Å². The second kappa shape index (κ2) is 13.3. The van der Waals surface area contributed by atoms with Gasteiger partial charge in [-0.3, -0.25) is 4.31 Å². The number of piperidine rings is 1. The Labute approximate surface area is 277 Å². The Kier molecular flexibility index (Phi) is 8.64. The van der Waals surface area contributed by atoms with Crippen LogP contribution in [0.15, 0.2) is 163 Å². The Morgan fingerprint density at radius 2 is 1.13 bits per heavy atom. The van der Waals surface area contributed by atoms with Gasteiger partial charge in [-0.25, -0.2) is 13.4 Å². The van der Waals surface area contributed by atoms with E-state index in [9.17, 15) is 0 Å². The zero-order valence-electron chi connectivity index (χ0n) is 26.2. The van der Waals surface area contributed by atoms with Gasteiger partial charge in [-0.15, -0.1) is 0 Å². The van der Waals surface area contributed by atoms with Gasteiger partial charge in [0, 0.05) is 18.8 Å². The molecule has 0 bridgehead atoms. The molecule has 1 aromatic heterocycles. The minimum Gasteiger partial charge on any atom is -0.372 e. The van der Waals surface area contributed by atoms with Gasteiger partial charge in [-0.2, -0.15) is 0 Å². The maximum Gasteiger partial charge on any atom is 0.264 e.